The van der Waals surface area contributed by atoms with Gasteiger partial charge in [0.25, 0.3) is 5.91 Å². The van der Waals surface area contributed by atoms with Gasteiger partial charge in [-0.3, -0.25) is 9.59 Å². The number of benzene rings is 1. The lowest BCUT2D eigenvalue weighted by atomic mass is 10.1. The van der Waals surface area contributed by atoms with Crippen LogP contribution >= 0.6 is 0 Å². The number of hydrogen-bond acceptors (Lipinski definition) is 4. The predicted octanol–water partition coefficient (Wildman–Crippen LogP) is 1.35. The molecule has 0 aromatic heterocycles. The van der Waals surface area contributed by atoms with Gasteiger partial charge < -0.3 is 20.1 Å². The Kier molecular flexibility index (Phi) is 5.58. The number of hydrogen-bond donors (Lipinski definition) is 2. The van der Waals surface area contributed by atoms with Crippen LogP contribution in [0, 0.1) is 0 Å². The largest absolute Gasteiger partial charge is 0.497 e. The van der Waals surface area contributed by atoms with Crippen molar-refractivity contribution in [1.82, 2.24) is 10.6 Å². The van der Waals surface area contributed by atoms with E-state index in [1.165, 1.54) is 14.2 Å². The first-order chi connectivity index (χ1) is 9.76. The lowest BCUT2D eigenvalue weighted by Gasteiger charge is -2.20. The first-order valence-electron chi connectivity index (χ1n) is 6.58. The smallest absolute Gasteiger partial charge is 0.255 e. The summed E-state index contributed by atoms with van der Waals surface area (Å²) in [6, 6.07) is 4.90. The summed E-state index contributed by atoms with van der Waals surface area (Å²) in [7, 11) is 2.99. The lowest BCUT2D eigenvalue weighted by Crippen LogP contribution is -2.45. The second-order valence-electron chi connectivity index (χ2n) is 5.55. The Bertz CT molecular complexity index is 521. The highest BCUT2D eigenvalue weighted by Gasteiger charge is 2.17. The highest BCUT2D eigenvalue weighted by molar-refractivity contribution is 5.99. The maximum Gasteiger partial charge on any atom is 0.255 e. The summed E-state index contributed by atoms with van der Waals surface area (Å²) in [4.78, 5) is 23.8. The molecule has 0 aliphatic heterocycles. The Morgan fingerprint density at radius 1 is 1.14 bits per heavy atom. The zero-order chi connectivity index (χ0) is 16.0. The molecular formula is C15H22N2O4. The Labute approximate surface area is 124 Å². The van der Waals surface area contributed by atoms with Crippen LogP contribution in [0.1, 0.15) is 31.1 Å². The Morgan fingerprint density at radius 2 is 1.81 bits per heavy atom. The third kappa shape index (κ3) is 5.33. The van der Waals surface area contributed by atoms with Gasteiger partial charge in [0.15, 0.2) is 0 Å². The van der Waals surface area contributed by atoms with E-state index in [4.69, 9.17) is 9.47 Å². The first kappa shape index (κ1) is 16.8. The summed E-state index contributed by atoms with van der Waals surface area (Å²) in [5, 5.41) is 5.33. The first-order valence-corrected chi connectivity index (χ1v) is 6.58. The molecule has 6 nitrogen and oxygen atoms in total. The Morgan fingerprint density at radius 3 is 2.33 bits per heavy atom. The molecule has 0 heterocycles. The van der Waals surface area contributed by atoms with Crippen LogP contribution in [-0.4, -0.2) is 38.1 Å². The molecule has 0 bridgehead atoms. The van der Waals surface area contributed by atoms with Crippen molar-refractivity contribution in [3.05, 3.63) is 23.8 Å². The van der Waals surface area contributed by atoms with E-state index in [9.17, 15) is 9.59 Å². The van der Waals surface area contributed by atoms with E-state index in [2.05, 4.69) is 10.6 Å². The molecule has 2 N–H and O–H groups in total. The molecule has 116 valence electrons. The fourth-order valence-electron chi connectivity index (χ4n) is 1.71. The number of nitrogens with one attached hydrogen (secondary N) is 2. The van der Waals surface area contributed by atoms with Gasteiger partial charge in [-0.15, -0.1) is 0 Å². The highest BCUT2D eigenvalue weighted by Crippen LogP contribution is 2.23. The number of carbonyl (C=O) groups excluding carboxylic acids is 2. The molecule has 6 heteroatoms. The maximum absolute atomic E-state index is 12.1. The van der Waals surface area contributed by atoms with Gasteiger partial charge in [-0.1, -0.05) is 0 Å². The molecule has 2 amide bonds. The fourth-order valence-corrected chi connectivity index (χ4v) is 1.71. The van der Waals surface area contributed by atoms with Gasteiger partial charge >= 0.3 is 0 Å². The van der Waals surface area contributed by atoms with E-state index in [0.29, 0.717) is 17.1 Å². The zero-order valence-corrected chi connectivity index (χ0v) is 13.1. The van der Waals surface area contributed by atoms with Gasteiger partial charge in [0.1, 0.15) is 11.5 Å². The molecule has 1 aromatic rings. The number of ether oxygens (including phenoxy) is 2. The quantitative estimate of drug-likeness (QED) is 0.859. The number of amides is 2. The van der Waals surface area contributed by atoms with Crippen molar-refractivity contribution < 1.29 is 19.1 Å². The second-order valence-corrected chi connectivity index (χ2v) is 5.55. The number of rotatable bonds is 5. The SMILES string of the molecule is COc1ccc(OC)c(C(=O)NCC(=O)NC(C)(C)C)c1. The summed E-state index contributed by atoms with van der Waals surface area (Å²) >= 11 is 0. The minimum absolute atomic E-state index is 0.101. The minimum Gasteiger partial charge on any atom is -0.497 e. The average Bonchev–Trinajstić information content (AvgIpc) is 2.42. The zero-order valence-electron chi connectivity index (χ0n) is 13.1. The molecule has 0 saturated heterocycles. The van der Waals surface area contributed by atoms with Crippen molar-refractivity contribution in [3.63, 3.8) is 0 Å². The number of methoxy groups -OCH3 is 2. The summed E-state index contributed by atoms with van der Waals surface area (Å²) in [6.07, 6.45) is 0. The van der Waals surface area contributed by atoms with E-state index in [0.717, 1.165) is 0 Å². The maximum atomic E-state index is 12.1. The van der Waals surface area contributed by atoms with E-state index in [1.54, 1.807) is 18.2 Å². The molecular weight excluding hydrogens is 272 g/mol. The highest BCUT2D eigenvalue weighted by atomic mass is 16.5. The normalized spacial score (nSPS) is 10.7. The molecule has 0 saturated carbocycles. The van der Waals surface area contributed by atoms with Gasteiger partial charge in [-0.2, -0.15) is 0 Å². The molecule has 0 aliphatic rings. The molecule has 0 radical (unpaired) electrons. The van der Waals surface area contributed by atoms with E-state index in [-0.39, 0.29) is 18.0 Å². The van der Waals surface area contributed by atoms with E-state index in [1.807, 2.05) is 20.8 Å². The van der Waals surface area contributed by atoms with Gasteiger partial charge in [-0.25, -0.2) is 0 Å². The standard InChI is InChI=1S/C15H22N2O4/c1-15(2,3)17-13(18)9-16-14(19)11-8-10(20-4)6-7-12(11)21-5/h6-8H,9H2,1-5H3,(H,16,19)(H,17,18). The molecule has 1 aromatic carbocycles. The van der Waals surface area contributed by atoms with Gasteiger partial charge in [-0.05, 0) is 39.0 Å². The van der Waals surface area contributed by atoms with Crippen LogP contribution in [0.5, 0.6) is 11.5 Å². The van der Waals surface area contributed by atoms with Crippen LogP contribution in [0.25, 0.3) is 0 Å². The molecule has 0 unspecified atom stereocenters. The van der Waals surface area contributed by atoms with Gasteiger partial charge in [0.2, 0.25) is 5.91 Å². The van der Waals surface area contributed by atoms with Gasteiger partial charge in [0.05, 0.1) is 26.3 Å². The molecule has 21 heavy (non-hydrogen) atoms. The van der Waals surface area contributed by atoms with Crippen molar-refractivity contribution in [2.45, 2.75) is 26.3 Å². The van der Waals surface area contributed by atoms with Crippen LogP contribution in [0.3, 0.4) is 0 Å². The Balaban J connectivity index is 2.73. The molecule has 0 spiro atoms. The van der Waals surface area contributed by atoms with E-state index < -0.39 is 5.91 Å². The third-order valence-electron chi connectivity index (χ3n) is 2.58. The fraction of sp³-hybridized carbons (Fsp3) is 0.467. The summed E-state index contributed by atoms with van der Waals surface area (Å²) in [5.41, 5.74) is -0.0180. The summed E-state index contributed by atoms with van der Waals surface area (Å²) < 4.78 is 10.2. The predicted molar refractivity (Wildman–Crippen MR) is 79.8 cm³/mol. The van der Waals surface area contributed by atoms with Crippen LogP contribution in [0.4, 0.5) is 0 Å². The number of carbonyl (C=O) groups is 2. The van der Waals surface area contributed by atoms with Gasteiger partial charge in [0, 0.05) is 5.54 Å². The van der Waals surface area contributed by atoms with Crippen LogP contribution < -0.4 is 20.1 Å². The molecule has 1 rings (SSSR count). The van der Waals surface area contributed by atoms with Crippen molar-refractivity contribution in [1.29, 1.82) is 0 Å². The summed E-state index contributed by atoms with van der Waals surface area (Å²) in [5.74, 6) is 0.317. The molecule has 0 atom stereocenters. The van der Waals surface area contributed by atoms with Crippen molar-refractivity contribution in [3.8, 4) is 11.5 Å². The third-order valence-corrected chi connectivity index (χ3v) is 2.58. The second kappa shape index (κ2) is 6.97. The monoisotopic (exact) mass is 294 g/mol. The minimum atomic E-state index is -0.394. The topological polar surface area (TPSA) is 76.7 Å². The van der Waals surface area contributed by atoms with Crippen LogP contribution in [0.2, 0.25) is 0 Å². The van der Waals surface area contributed by atoms with Crippen molar-refractivity contribution in [2.75, 3.05) is 20.8 Å². The summed E-state index contributed by atoms with van der Waals surface area (Å²) in [6.45, 7) is 5.52. The van der Waals surface area contributed by atoms with Crippen molar-refractivity contribution in [2.24, 2.45) is 0 Å². The average molecular weight is 294 g/mol. The van der Waals surface area contributed by atoms with Crippen LogP contribution in [-0.2, 0) is 4.79 Å². The van der Waals surface area contributed by atoms with E-state index >= 15 is 0 Å². The van der Waals surface area contributed by atoms with Crippen molar-refractivity contribution >= 4 is 11.8 Å². The van der Waals surface area contributed by atoms with Crippen LogP contribution in [0.15, 0.2) is 18.2 Å². The lowest BCUT2D eigenvalue weighted by molar-refractivity contribution is -0.121. The molecule has 0 fully saturated rings. The molecule has 0 aliphatic carbocycles. The Hall–Kier alpha value is -2.24.